The van der Waals surface area contributed by atoms with Crippen LogP contribution in [0.5, 0.6) is 17.2 Å². The zero-order valence-electron chi connectivity index (χ0n) is 16.2. The molecule has 0 aliphatic carbocycles. The molecule has 0 saturated carbocycles. The first-order valence-corrected chi connectivity index (χ1v) is 10.5. The Morgan fingerprint density at radius 2 is 2.00 bits per heavy atom. The van der Waals surface area contributed by atoms with Crippen molar-refractivity contribution in [1.82, 2.24) is 5.43 Å². The Morgan fingerprint density at radius 3 is 2.72 bits per heavy atom. The predicted molar refractivity (Wildman–Crippen MR) is 108 cm³/mol. The average molecular weight is 419 g/mol. The third-order valence-electron chi connectivity index (χ3n) is 4.09. The summed E-state index contributed by atoms with van der Waals surface area (Å²) in [5.41, 5.74) is 4.14. The molecule has 1 amide bonds. The molecule has 10 heteroatoms. The number of aryl methyl sites for hydroxylation is 1. The standard InChI is InChI=1S/C19H21N3O6S/c1-13-4-6-16(26-2)15(8-13)22(29(3,24)25)11-19(23)21-20-10-14-5-7-17-18(9-14)28-12-27-17/h4-10H,11-12H2,1-3H3,(H,21,23)/b20-10-. The van der Waals surface area contributed by atoms with Gasteiger partial charge in [0.25, 0.3) is 5.91 Å². The molecular formula is C19H21N3O6S. The van der Waals surface area contributed by atoms with Gasteiger partial charge in [0.1, 0.15) is 12.3 Å². The number of hydrogen-bond donors (Lipinski definition) is 1. The number of hydrogen-bond acceptors (Lipinski definition) is 7. The lowest BCUT2D eigenvalue weighted by Gasteiger charge is -2.23. The van der Waals surface area contributed by atoms with Crippen molar-refractivity contribution in [2.75, 3.05) is 31.0 Å². The predicted octanol–water partition coefficient (Wildman–Crippen LogP) is 1.65. The summed E-state index contributed by atoms with van der Waals surface area (Å²) in [5.74, 6) is 0.978. The summed E-state index contributed by atoms with van der Waals surface area (Å²) in [6.07, 6.45) is 2.45. The molecule has 2 aromatic carbocycles. The van der Waals surface area contributed by atoms with E-state index in [1.807, 2.05) is 6.92 Å². The topological polar surface area (TPSA) is 107 Å². The highest BCUT2D eigenvalue weighted by Gasteiger charge is 2.24. The molecule has 0 unspecified atom stereocenters. The van der Waals surface area contributed by atoms with Crippen molar-refractivity contribution >= 4 is 27.8 Å². The van der Waals surface area contributed by atoms with Crippen LogP contribution in [0.2, 0.25) is 0 Å². The summed E-state index contributed by atoms with van der Waals surface area (Å²) >= 11 is 0. The van der Waals surface area contributed by atoms with Crippen LogP contribution in [-0.4, -0.2) is 47.2 Å². The smallest absolute Gasteiger partial charge is 0.260 e. The minimum atomic E-state index is -3.74. The average Bonchev–Trinajstić information content (AvgIpc) is 3.13. The van der Waals surface area contributed by atoms with Crippen LogP contribution in [-0.2, 0) is 14.8 Å². The van der Waals surface area contributed by atoms with Gasteiger partial charge in [0.15, 0.2) is 11.5 Å². The molecule has 0 atom stereocenters. The van der Waals surface area contributed by atoms with Crippen molar-refractivity contribution < 1.29 is 27.4 Å². The largest absolute Gasteiger partial charge is 0.495 e. The lowest BCUT2D eigenvalue weighted by atomic mass is 10.2. The van der Waals surface area contributed by atoms with Gasteiger partial charge in [-0.15, -0.1) is 0 Å². The maximum atomic E-state index is 12.3. The first-order valence-electron chi connectivity index (χ1n) is 8.62. The minimum Gasteiger partial charge on any atom is -0.495 e. The molecule has 9 nitrogen and oxygen atoms in total. The number of sulfonamides is 1. The maximum absolute atomic E-state index is 12.3. The Kier molecular flexibility index (Phi) is 5.92. The molecule has 0 fully saturated rings. The van der Waals surface area contributed by atoms with Crippen LogP contribution in [0.1, 0.15) is 11.1 Å². The molecule has 0 spiro atoms. The Morgan fingerprint density at radius 1 is 1.24 bits per heavy atom. The van der Waals surface area contributed by atoms with E-state index in [9.17, 15) is 13.2 Å². The van der Waals surface area contributed by atoms with Crippen LogP contribution in [0.3, 0.4) is 0 Å². The van der Waals surface area contributed by atoms with Gasteiger partial charge in [-0.3, -0.25) is 9.10 Å². The van der Waals surface area contributed by atoms with Crippen LogP contribution in [0.15, 0.2) is 41.5 Å². The van der Waals surface area contributed by atoms with E-state index in [2.05, 4.69) is 10.5 Å². The maximum Gasteiger partial charge on any atom is 0.260 e. The third-order valence-corrected chi connectivity index (χ3v) is 5.22. The number of rotatable bonds is 7. The van der Waals surface area contributed by atoms with Gasteiger partial charge in [-0.25, -0.2) is 13.8 Å². The molecule has 29 heavy (non-hydrogen) atoms. The van der Waals surface area contributed by atoms with Gasteiger partial charge in [0, 0.05) is 0 Å². The van der Waals surface area contributed by atoms with E-state index in [0.29, 0.717) is 22.8 Å². The number of amides is 1. The molecular weight excluding hydrogens is 398 g/mol. The monoisotopic (exact) mass is 419 g/mol. The fraction of sp³-hybridized carbons (Fsp3) is 0.263. The Labute approximate surface area is 168 Å². The van der Waals surface area contributed by atoms with Gasteiger partial charge in [0.2, 0.25) is 16.8 Å². The number of benzene rings is 2. The van der Waals surface area contributed by atoms with E-state index in [4.69, 9.17) is 14.2 Å². The number of carbonyl (C=O) groups is 1. The highest BCUT2D eigenvalue weighted by molar-refractivity contribution is 7.92. The van der Waals surface area contributed by atoms with Gasteiger partial charge in [-0.2, -0.15) is 5.10 Å². The van der Waals surface area contributed by atoms with Crippen molar-refractivity contribution in [3.05, 3.63) is 47.5 Å². The summed E-state index contributed by atoms with van der Waals surface area (Å²) in [6.45, 7) is 1.53. The van der Waals surface area contributed by atoms with Crippen LogP contribution >= 0.6 is 0 Å². The quantitative estimate of drug-likeness (QED) is 0.540. The number of carbonyl (C=O) groups excluding carboxylic acids is 1. The molecule has 3 rings (SSSR count). The molecule has 1 aliphatic heterocycles. The molecule has 1 heterocycles. The van der Waals surface area contributed by atoms with Crippen molar-refractivity contribution in [3.63, 3.8) is 0 Å². The van der Waals surface area contributed by atoms with E-state index >= 15 is 0 Å². The van der Waals surface area contributed by atoms with Crippen molar-refractivity contribution in [3.8, 4) is 17.2 Å². The van der Waals surface area contributed by atoms with E-state index in [0.717, 1.165) is 16.1 Å². The first kappa shape index (κ1) is 20.5. The third kappa shape index (κ3) is 4.96. The molecule has 0 aromatic heterocycles. The fourth-order valence-corrected chi connectivity index (χ4v) is 3.57. The number of anilines is 1. The van der Waals surface area contributed by atoms with E-state index < -0.39 is 22.5 Å². The number of ether oxygens (including phenoxy) is 3. The van der Waals surface area contributed by atoms with Crippen molar-refractivity contribution in [1.29, 1.82) is 0 Å². The number of nitrogens with one attached hydrogen (secondary N) is 1. The second-order valence-electron chi connectivity index (χ2n) is 6.35. The van der Waals surface area contributed by atoms with Crippen LogP contribution < -0.4 is 23.9 Å². The lowest BCUT2D eigenvalue weighted by molar-refractivity contribution is -0.119. The number of nitrogens with zero attached hydrogens (tertiary/aromatic N) is 2. The molecule has 1 aliphatic rings. The minimum absolute atomic E-state index is 0.163. The summed E-state index contributed by atoms with van der Waals surface area (Å²) in [6, 6.07) is 10.3. The summed E-state index contributed by atoms with van der Waals surface area (Å²) in [4.78, 5) is 12.3. The second kappa shape index (κ2) is 8.39. The van der Waals surface area contributed by atoms with E-state index in [1.54, 1.807) is 36.4 Å². The van der Waals surface area contributed by atoms with Gasteiger partial charge in [-0.05, 0) is 48.4 Å². The molecule has 2 aromatic rings. The van der Waals surface area contributed by atoms with Crippen LogP contribution in [0, 0.1) is 6.92 Å². The normalized spacial score (nSPS) is 12.8. The molecule has 154 valence electrons. The molecule has 0 saturated heterocycles. The van der Waals surface area contributed by atoms with Crippen molar-refractivity contribution in [2.45, 2.75) is 6.92 Å². The van der Waals surface area contributed by atoms with Gasteiger partial charge >= 0.3 is 0 Å². The number of fused-ring (bicyclic) bond motifs is 1. The summed E-state index contributed by atoms with van der Waals surface area (Å²) in [7, 11) is -2.30. The van der Waals surface area contributed by atoms with Crippen molar-refractivity contribution in [2.24, 2.45) is 5.10 Å². The Bertz CT molecular complexity index is 1050. The summed E-state index contributed by atoms with van der Waals surface area (Å²) in [5, 5.41) is 3.88. The van der Waals surface area contributed by atoms with E-state index in [1.165, 1.54) is 13.3 Å². The highest BCUT2D eigenvalue weighted by Crippen LogP contribution is 2.32. The first-order chi connectivity index (χ1) is 13.8. The van der Waals surface area contributed by atoms with Gasteiger partial charge in [0.05, 0.1) is 25.3 Å². The Balaban J connectivity index is 1.72. The van der Waals surface area contributed by atoms with Gasteiger partial charge in [-0.1, -0.05) is 6.07 Å². The summed E-state index contributed by atoms with van der Waals surface area (Å²) < 4.78 is 41.3. The van der Waals surface area contributed by atoms with Crippen LogP contribution in [0.25, 0.3) is 0 Å². The zero-order valence-corrected chi connectivity index (χ0v) is 17.0. The Hall–Kier alpha value is -3.27. The van der Waals surface area contributed by atoms with Gasteiger partial charge < -0.3 is 14.2 Å². The van der Waals surface area contributed by atoms with E-state index in [-0.39, 0.29) is 12.5 Å². The lowest BCUT2D eigenvalue weighted by Crippen LogP contribution is -2.39. The number of methoxy groups -OCH3 is 1. The SMILES string of the molecule is COc1ccc(C)cc1N(CC(=O)N/N=C\c1ccc2c(c1)OCO2)S(C)(=O)=O. The highest BCUT2D eigenvalue weighted by atomic mass is 32.2. The van der Waals surface area contributed by atoms with Crippen LogP contribution in [0.4, 0.5) is 5.69 Å². The second-order valence-corrected chi connectivity index (χ2v) is 8.26. The number of hydrazone groups is 1. The zero-order chi connectivity index (χ0) is 21.0. The molecule has 1 N–H and O–H groups in total. The fourth-order valence-electron chi connectivity index (χ4n) is 2.71. The molecule has 0 radical (unpaired) electrons. The molecule has 0 bridgehead atoms.